The topological polar surface area (TPSA) is 0 Å². The SMILES string of the molecule is CCC1=CC=CC1.[BaH2]. The molecule has 0 aromatic rings. The van der Waals surface area contributed by atoms with E-state index in [2.05, 4.69) is 25.2 Å². The minimum atomic E-state index is 0. The van der Waals surface area contributed by atoms with Crippen molar-refractivity contribution < 1.29 is 0 Å². The summed E-state index contributed by atoms with van der Waals surface area (Å²) in [5, 5.41) is 0. The molecule has 8 heavy (non-hydrogen) atoms. The van der Waals surface area contributed by atoms with E-state index < -0.39 is 0 Å². The molecule has 0 nitrogen and oxygen atoms in total. The van der Waals surface area contributed by atoms with Crippen LogP contribution in [0.15, 0.2) is 23.8 Å². The summed E-state index contributed by atoms with van der Waals surface area (Å²) in [6, 6.07) is 0. The second kappa shape index (κ2) is 4.89. The molecule has 0 N–H and O–H groups in total. The quantitative estimate of drug-likeness (QED) is 0.600. The van der Waals surface area contributed by atoms with Crippen LogP contribution in [0, 0.1) is 0 Å². The molecule has 1 heteroatoms. The fourth-order valence-corrected chi connectivity index (χ4v) is 0.754. The van der Waals surface area contributed by atoms with E-state index in [1.165, 1.54) is 12.8 Å². The molecule has 0 unspecified atom stereocenters. The van der Waals surface area contributed by atoms with E-state index in [4.69, 9.17) is 0 Å². The van der Waals surface area contributed by atoms with E-state index in [0.717, 1.165) is 0 Å². The van der Waals surface area contributed by atoms with Crippen molar-refractivity contribution in [3.05, 3.63) is 23.8 Å². The van der Waals surface area contributed by atoms with Crippen LogP contribution in [0.25, 0.3) is 0 Å². The Balaban J connectivity index is 0.000000490. The predicted molar refractivity (Wildman–Crippen MR) is 40.7 cm³/mol. The molecular weight excluding hydrogens is 221 g/mol. The Kier molecular flexibility index (Phi) is 5.53. The molecule has 0 aromatic carbocycles. The first kappa shape index (κ1) is 9.05. The zero-order valence-electron chi connectivity index (χ0n) is 4.65. The molecule has 1 aliphatic rings. The molecule has 0 saturated heterocycles. The molecule has 0 spiro atoms. The average Bonchev–Trinajstić information content (AvgIpc) is 2.14. The summed E-state index contributed by atoms with van der Waals surface area (Å²) in [4.78, 5) is 0. The second-order valence-electron chi connectivity index (χ2n) is 1.81. The van der Waals surface area contributed by atoms with E-state index in [0.29, 0.717) is 0 Å². The Morgan fingerprint density at radius 1 is 1.62 bits per heavy atom. The Labute approximate surface area is 91.1 Å². The van der Waals surface area contributed by atoms with Crippen molar-refractivity contribution in [3.63, 3.8) is 0 Å². The first-order chi connectivity index (χ1) is 3.43. The third kappa shape index (κ3) is 2.56. The first-order valence-corrected chi connectivity index (χ1v) is 2.78. The van der Waals surface area contributed by atoms with Gasteiger partial charge in [0.15, 0.2) is 0 Å². The number of rotatable bonds is 1. The summed E-state index contributed by atoms with van der Waals surface area (Å²) in [6.07, 6.45) is 8.92. The summed E-state index contributed by atoms with van der Waals surface area (Å²) < 4.78 is 0. The third-order valence-corrected chi connectivity index (χ3v) is 1.30. The first-order valence-electron chi connectivity index (χ1n) is 2.78. The summed E-state index contributed by atoms with van der Waals surface area (Å²) in [5.74, 6) is 0. The van der Waals surface area contributed by atoms with Gasteiger partial charge in [0.05, 0.1) is 0 Å². The van der Waals surface area contributed by atoms with Gasteiger partial charge in [-0.3, -0.25) is 0 Å². The third-order valence-electron chi connectivity index (χ3n) is 1.30. The molecule has 0 bridgehead atoms. The second-order valence-corrected chi connectivity index (χ2v) is 1.81. The van der Waals surface area contributed by atoms with E-state index in [-0.39, 0.29) is 48.9 Å². The molecule has 1 rings (SSSR count). The van der Waals surface area contributed by atoms with Crippen LogP contribution < -0.4 is 0 Å². The van der Waals surface area contributed by atoms with Crippen molar-refractivity contribution in [2.45, 2.75) is 19.8 Å². The maximum atomic E-state index is 2.19. The minimum absolute atomic E-state index is 0. The summed E-state index contributed by atoms with van der Waals surface area (Å²) in [7, 11) is 0. The van der Waals surface area contributed by atoms with Crippen molar-refractivity contribution >= 4 is 48.9 Å². The van der Waals surface area contributed by atoms with Gasteiger partial charge in [0.25, 0.3) is 0 Å². The zero-order valence-corrected chi connectivity index (χ0v) is 4.65. The van der Waals surface area contributed by atoms with E-state index in [1.54, 1.807) is 5.57 Å². The maximum absolute atomic E-state index is 2.19. The van der Waals surface area contributed by atoms with Crippen LogP contribution >= 0.6 is 0 Å². The molecule has 0 atom stereocenters. The Morgan fingerprint density at radius 3 is 2.62 bits per heavy atom. The molecule has 0 radical (unpaired) electrons. The van der Waals surface area contributed by atoms with Crippen LogP contribution in [0.1, 0.15) is 19.8 Å². The molecule has 0 heterocycles. The van der Waals surface area contributed by atoms with Gasteiger partial charge in [0.1, 0.15) is 0 Å². The molecule has 0 fully saturated rings. The van der Waals surface area contributed by atoms with Crippen molar-refractivity contribution in [1.29, 1.82) is 0 Å². The average molecular weight is 234 g/mol. The van der Waals surface area contributed by atoms with Crippen LogP contribution in [0.4, 0.5) is 0 Å². The van der Waals surface area contributed by atoms with Gasteiger partial charge in [0, 0.05) is 0 Å². The number of hydrogen-bond acceptors (Lipinski definition) is 0. The Morgan fingerprint density at radius 2 is 2.38 bits per heavy atom. The Bertz CT molecular complexity index is 112. The van der Waals surface area contributed by atoms with Crippen molar-refractivity contribution in [2.75, 3.05) is 0 Å². The van der Waals surface area contributed by atoms with Gasteiger partial charge in [0.2, 0.25) is 0 Å². The number of hydrogen-bond donors (Lipinski definition) is 0. The van der Waals surface area contributed by atoms with E-state index >= 15 is 0 Å². The van der Waals surface area contributed by atoms with E-state index in [1.807, 2.05) is 0 Å². The van der Waals surface area contributed by atoms with Gasteiger partial charge in [-0.2, -0.15) is 0 Å². The van der Waals surface area contributed by atoms with Gasteiger partial charge in [-0.05, 0) is 12.8 Å². The zero-order chi connectivity index (χ0) is 5.11. The van der Waals surface area contributed by atoms with Crippen LogP contribution in [0.5, 0.6) is 0 Å². The predicted octanol–water partition coefficient (Wildman–Crippen LogP) is 1.37. The molecule has 1 aliphatic carbocycles. The van der Waals surface area contributed by atoms with E-state index in [9.17, 15) is 0 Å². The molecular formula is C7H12Ba. The molecule has 42 valence electrons. The van der Waals surface area contributed by atoms with Gasteiger partial charge in [-0.15, -0.1) is 0 Å². The van der Waals surface area contributed by atoms with Gasteiger partial charge in [-0.1, -0.05) is 30.7 Å². The number of allylic oxidation sites excluding steroid dienone is 4. The monoisotopic (exact) mass is 234 g/mol. The Hall–Kier alpha value is 1.05. The fraction of sp³-hybridized carbons (Fsp3) is 0.429. The molecule has 0 aromatic heterocycles. The van der Waals surface area contributed by atoms with Crippen molar-refractivity contribution in [3.8, 4) is 0 Å². The normalized spacial score (nSPS) is 15.4. The summed E-state index contributed by atoms with van der Waals surface area (Å²) >= 11 is 0. The molecule has 0 amide bonds. The van der Waals surface area contributed by atoms with Crippen molar-refractivity contribution in [2.24, 2.45) is 0 Å². The van der Waals surface area contributed by atoms with Gasteiger partial charge < -0.3 is 0 Å². The van der Waals surface area contributed by atoms with Crippen LogP contribution in [-0.4, -0.2) is 48.9 Å². The van der Waals surface area contributed by atoms with Crippen molar-refractivity contribution in [1.82, 2.24) is 0 Å². The van der Waals surface area contributed by atoms with Gasteiger partial charge in [-0.25, -0.2) is 0 Å². The molecule has 0 aliphatic heterocycles. The van der Waals surface area contributed by atoms with Crippen LogP contribution in [-0.2, 0) is 0 Å². The van der Waals surface area contributed by atoms with Gasteiger partial charge >= 0.3 is 48.9 Å². The standard InChI is InChI=1S/C7H10.Ba.2H/c1-2-7-5-3-4-6-7;;;/h3-5H,2,6H2,1H3;;;. The summed E-state index contributed by atoms with van der Waals surface area (Å²) in [6.45, 7) is 2.19. The van der Waals surface area contributed by atoms with Crippen LogP contribution in [0.2, 0.25) is 0 Å². The van der Waals surface area contributed by atoms with Crippen LogP contribution in [0.3, 0.4) is 0 Å². The molecule has 0 saturated carbocycles. The summed E-state index contributed by atoms with van der Waals surface area (Å²) in [5.41, 5.74) is 1.56. The fourth-order valence-electron chi connectivity index (χ4n) is 0.754.